The number of anilines is 1. The second-order valence-corrected chi connectivity index (χ2v) is 14.2. The molecule has 1 fully saturated rings. The Morgan fingerprint density at radius 1 is 1.04 bits per heavy atom. The number of unbranched alkanes of at least 4 members (excludes halogenated alkanes) is 1. The van der Waals surface area contributed by atoms with Gasteiger partial charge in [0, 0.05) is 6.20 Å². The van der Waals surface area contributed by atoms with Gasteiger partial charge in [-0.3, -0.25) is 18.9 Å². The van der Waals surface area contributed by atoms with Crippen LogP contribution in [0.4, 0.5) is 5.69 Å². The summed E-state index contributed by atoms with van der Waals surface area (Å²) in [5.74, 6) is -3.23. The maximum atomic E-state index is 14.4. The Kier molecular flexibility index (Phi) is 12.6. The van der Waals surface area contributed by atoms with E-state index in [1.165, 1.54) is 29.8 Å². The number of hydrogen-bond acceptors (Lipinski definition) is 13. The highest BCUT2D eigenvalue weighted by molar-refractivity contribution is 7.52. The number of fused-ring (bicyclic) bond motifs is 1. The number of hydrogen-bond donors (Lipinski definition) is 2. The van der Waals surface area contributed by atoms with Crippen molar-refractivity contribution in [3.8, 4) is 11.8 Å². The molecule has 0 bridgehead atoms. The minimum atomic E-state index is -4.53. The van der Waals surface area contributed by atoms with Gasteiger partial charge in [-0.1, -0.05) is 59.2 Å². The molecule has 0 saturated carbocycles. The molecule has 0 spiro atoms. The number of benzene rings is 1. The van der Waals surface area contributed by atoms with Gasteiger partial charge in [-0.25, -0.2) is 9.08 Å². The third kappa shape index (κ3) is 8.81. The Hall–Kier alpha value is -4.48. The predicted octanol–water partition coefficient (Wildman–Crippen LogP) is 4.91. The number of nitrogens with zero attached hydrogens (tertiary/aromatic N) is 3. The Bertz CT molecular complexity index is 1740. The van der Waals surface area contributed by atoms with Crippen LogP contribution in [-0.4, -0.2) is 64.6 Å². The molecule has 0 amide bonds. The van der Waals surface area contributed by atoms with Gasteiger partial charge >= 0.3 is 25.7 Å². The van der Waals surface area contributed by atoms with E-state index in [9.17, 15) is 24.2 Å². The Morgan fingerprint density at radius 3 is 2.36 bits per heavy atom. The molecular formula is C34H44N5O10P. The van der Waals surface area contributed by atoms with Gasteiger partial charge in [0.05, 0.1) is 35.3 Å². The standard InChI is InChI=1S/C34H44N5O10P/c1-7-8-18-44-33(42)23(6)38-50(43,49-24-12-10-9-11-13-24)45-20-34(19-35)30(47-32(41)22(4)5)29(46-31(40)21(2)3)28(48-34)27-15-14-26-25(36)16-17-37-39(26)27/h9-17,21-23,28-30H,7-8,18,20,36H2,1-6H3,(H,38,43)/t23-,28-,29-,30-,34+,50?/m0/s1. The van der Waals surface area contributed by atoms with Crippen molar-refractivity contribution in [3.63, 3.8) is 0 Å². The van der Waals surface area contributed by atoms with E-state index in [4.69, 9.17) is 33.7 Å². The zero-order chi connectivity index (χ0) is 36.6. The first-order valence-corrected chi connectivity index (χ1v) is 17.9. The van der Waals surface area contributed by atoms with Gasteiger partial charge in [0.15, 0.2) is 12.2 Å². The highest BCUT2D eigenvalue weighted by atomic mass is 31.2. The smallest absolute Gasteiger partial charge is 0.459 e. The Balaban J connectivity index is 1.77. The maximum absolute atomic E-state index is 14.4. The SMILES string of the molecule is CCCCOC(=O)[C@H](C)NP(=O)(OC[C@@]1(C#N)O[C@@H](c2ccc3c(N)ccnn23)[C@H](OC(=O)C(C)C)[C@@H]1OC(=O)C(C)C)Oc1ccccc1. The molecular weight excluding hydrogens is 669 g/mol. The summed E-state index contributed by atoms with van der Waals surface area (Å²) in [4.78, 5) is 39.0. The van der Waals surface area contributed by atoms with Crippen molar-refractivity contribution in [1.82, 2.24) is 14.7 Å². The monoisotopic (exact) mass is 713 g/mol. The molecule has 3 aromatic rings. The van der Waals surface area contributed by atoms with Crippen LogP contribution in [0.3, 0.4) is 0 Å². The minimum Gasteiger partial charge on any atom is -0.465 e. The van der Waals surface area contributed by atoms with E-state index < -0.39 is 74.1 Å². The second kappa shape index (κ2) is 16.5. The summed E-state index contributed by atoms with van der Waals surface area (Å²) < 4.78 is 51.0. The Morgan fingerprint density at radius 2 is 1.72 bits per heavy atom. The van der Waals surface area contributed by atoms with E-state index >= 15 is 0 Å². The topological polar surface area (TPSA) is 203 Å². The lowest BCUT2D eigenvalue weighted by Gasteiger charge is -2.31. The molecule has 6 atom stereocenters. The highest BCUT2D eigenvalue weighted by Crippen LogP contribution is 2.50. The lowest BCUT2D eigenvalue weighted by atomic mass is 9.95. The average molecular weight is 714 g/mol. The number of carbonyl (C=O) groups excluding carboxylic acids is 3. The van der Waals surface area contributed by atoms with E-state index in [2.05, 4.69) is 10.2 Å². The van der Waals surface area contributed by atoms with Gasteiger partial charge in [0.2, 0.25) is 5.60 Å². The molecule has 15 nitrogen and oxygen atoms in total. The number of nitrogen functional groups attached to an aromatic ring is 1. The third-order valence-electron chi connectivity index (χ3n) is 7.79. The summed E-state index contributed by atoms with van der Waals surface area (Å²) in [5.41, 5.74) is 5.16. The van der Waals surface area contributed by atoms with E-state index in [0.717, 1.165) is 6.42 Å². The number of para-hydroxylation sites is 1. The van der Waals surface area contributed by atoms with E-state index in [-0.39, 0.29) is 12.4 Å². The van der Waals surface area contributed by atoms with Gasteiger partial charge in [0.1, 0.15) is 30.6 Å². The van der Waals surface area contributed by atoms with Crippen LogP contribution in [0.25, 0.3) is 5.52 Å². The van der Waals surface area contributed by atoms with Gasteiger partial charge in [0.25, 0.3) is 0 Å². The summed E-state index contributed by atoms with van der Waals surface area (Å²) in [6.07, 6.45) is -1.35. The molecule has 2 aromatic heterocycles. The zero-order valence-electron chi connectivity index (χ0n) is 28.9. The van der Waals surface area contributed by atoms with Crippen molar-refractivity contribution in [2.45, 2.75) is 84.3 Å². The summed E-state index contributed by atoms with van der Waals surface area (Å²) in [5, 5.41) is 17.7. The van der Waals surface area contributed by atoms with Crippen LogP contribution in [0.5, 0.6) is 5.75 Å². The number of nitrogens with one attached hydrogen (secondary N) is 1. The lowest BCUT2D eigenvalue weighted by molar-refractivity contribution is -0.173. The first kappa shape index (κ1) is 38.3. The molecule has 1 saturated heterocycles. The molecule has 4 rings (SSSR count). The second-order valence-electron chi connectivity index (χ2n) is 12.5. The number of carbonyl (C=O) groups is 3. The van der Waals surface area contributed by atoms with Crippen LogP contribution in [-0.2, 0) is 42.4 Å². The minimum absolute atomic E-state index is 0.126. The number of aromatic nitrogens is 2. The molecule has 1 aromatic carbocycles. The highest BCUT2D eigenvalue weighted by Gasteiger charge is 2.62. The van der Waals surface area contributed by atoms with E-state index in [0.29, 0.717) is 23.3 Å². The summed E-state index contributed by atoms with van der Waals surface area (Å²) in [6.45, 7) is 9.12. The quantitative estimate of drug-likeness (QED) is 0.0877. The van der Waals surface area contributed by atoms with Crippen LogP contribution < -0.4 is 15.3 Å². The first-order valence-electron chi connectivity index (χ1n) is 16.4. The normalized spacial score (nSPS) is 22.1. The lowest BCUT2D eigenvalue weighted by Crippen LogP contribution is -2.50. The van der Waals surface area contributed by atoms with Crippen LogP contribution in [0.15, 0.2) is 54.7 Å². The van der Waals surface area contributed by atoms with Gasteiger partial charge in [-0.15, -0.1) is 0 Å². The largest absolute Gasteiger partial charge is 0.465 e. The molecule has 50 heavy (non-hydrogen) atoms. The molecule has 1 unspecified atom stereocenters. The third-order valence-corrected chi connectivity index (χ3v) is 9.42. The predicted molar refractivity (Wildman–Crippen MR) is 180 cm³/mol. The summed E-state index contributed by atoms with van der Waals surface area (Å²) >= 11 is 0. The van der Waals surface area contributed by atoms with Crippen LogP contribution in [0.2, 0.25) is 0 Å². The van der Waals surface area contributed by atoms with Crippen molar-refractivity contribution in [3.05, 3.63) is 60.4 Å². The number of ether oxygens (including phenoxy) is 4. The molecule has 16 heteroatoms. The fourth-order valence-corrected chi connectivity index (χ4v) is 6.49. The molecule has 3 heterocycles. The van der Waals surface area contributed by atoms with Crippen LogP contribution >= 0.6 is 7.75 Å². The van der Waals surface area contributed by atoms with Crippen molar-refractivity contribution in [2.75, 3.05) is 18.9 Å². The fraction of sp³-hybridized carbons (Fsp3) is 0.500. The van der Waals surface area contributed by atoms with Gasteiger partial charge < -0.3 is 29.2 Å². The summed E-state index contributed by atoms with van der Waals surface area (Å²) in [7, 11) is -4.53. The maximum Gasteiger partial charge on any atom is 0.459 e. The molecule has 0 aliphatic carbocycles. The number of rotatable bonds is 16. The van der Waals surface area contributed by atoms with Gasteiger partial charge in [-0.05, 0) is 43.7 Å². The molecule has 3 N–H and O–H groups in total. The van der Waals surface area contributed by atoms with Gasteiger partial charge in [-0.2, -0.15) is 15.4 Å². The van der Waals surface area contributed by atoms with E-state index in [1.807, 2.05) is 13.0 Å². The average Bonchev–Trinajstić information content (AvgIpc) is 3.64. The molecule has 0 radical (unpaired) electrons. The van der Waals surface area contributed by atoms with Crippen LogP contribution in [0.1, 0.15) is 66.2 Å². The van der Waals surface area contributed by atoms with Crippen molar-refractivity contribution >= 4 is 36.9 Å². The number of nitriles is 1. The molecule has 270 valence electrons. The number of esters is 3. The van der Waals surface area contributed by atoms with E-state index in [1.54, 1.807) is 64.1 Å². The van der Waals surface area contributed by atoms with Crippen molar-refractivity contribution in [1.29, 1.82) is 5.26 Å². The molecule has 1 aliphatic rings. The van der Waals surface area contributed by atoms with Crippen LogP contribution in [0, 0.1) is 23.2 Å². The molecule has 1 aliphatic heterocycles. The Labute approximate surface area is 290 Å². The zero-order valence-corrected chi connectivity index (χ0v) is 29.8. The summed E-state index contributed by atoms with van der Waals surface area (Å²) in [6, 6.07) is 13.8. The van der Waals surface area contributed by atoms with Crippen molar-refractivity contribution < 1.29 is 46.9 Å². The number of nitrogens with two attached hydrogens (primary N) is 1. The fourth-order valence-electron chi connectivity index (χ4n) is 4.97. The first-order chi connectivity index (χ1) is 23.7. The van der Waals surface area contributed by atoms with Crippen molar-refractivity contribution in [2.24, 2.45) is 11.8 Å².